The lowest BCUT2D eigenvalue weighted by Gasteiger charge is -2.22. The minimum absolute atomic E-state index is 1.25. The zero-order valence-corrected chi connectivity index (χ0v) is 24.2. The summed E-state index contributed by atoms with van der Waals surface area (Å²) in [6.45, 7) is 0. The molecule has 0 N–H and O–H groups in total. The molecule has 0 amide bonds. The smallest absolute Gasteiger partial charge is 0.00137 e. The molecule has 9 aromatic carbocycles. The molecular weight excluding hydrogens is 528 g/mol. The van der Waals surface area contributed by atoms with Crippen molar-refractivity contribution >= 4 is 53.9 Å². The van der Waals surface area contributed by atoms with E-state index in [2.05, 4.69) is 170 Å². The van der Waals surface area contributed by atoms with Crippen LogP contribution in [-0.2, 0) is 0 Å². The molecule has 0 aliphatic heterocycles. The molecule has 0 unspecified atom stereocenters. The molecule has 204 valence electrons. The molecule has 0 heterocycles. The summed E-state index contributed by atoms with van der Waals surface area (Å²) in [6, 6.07) is 62.4. The Morgan fingerprint density at radius 2 is 0.545 bits per heavy atom. The van der Waals surface area contributed by atoms with Gasteiger partial charge in [0.05, 0.1) is 0 Å². The molecule has 0 aromatic heterocycles. The van der Waals surface area contributed by atoms with Crippen LogP contribution in [-0.4, -0.2) is 0 Å². The summed E-state index contributed by atoms with van der Waals surface area (Å²) in [4.78, 5) is 0. The molecule has 0 radical (unpaired) electrons. The second-order valence-electron chi connectivity index (χ2n) is 11.6. The van der Waals surface area contributed by atoms with Crippen molar-refractivity contribution in [2.24, 2.45) is 0 Å². The molecule has 0 saturated heterocycles. The quantitative estimate of drug-likeness (QED) is 0.190. The molecule has 44 heavy (non-hydrogen) atoms. The Balaban J connectivity index is 1.55. The molecule has 0 aliphatic rings. The van der Waals surface area contributed by atoms with Crippen LogP contribution in [0.5, 0.6) is 0 Å². The Morgan fingerprint density at radius 1 is 0.205 bits per heavy atom. The van der Waals surface area contributed by atoms with Crippen molar-refractivity contribution in [3.8, 4) is 33.4 Å². The van der Waals surface area contributed by atoms with Gasteiger partial charge in [0.15, 0.2) is 0 Å². The highest BCUT2D eigenvalue weighted by molar-refractivity contribution is 6.28. The van der Waals surface area contributed by atoms with E-state index < -0.39 is 0 Å². The lowest BCUT2D eigenvalue weighted by Crippen LogP contribution is -1.94. The summed E-state index contributed by atoms with van der Waals surface area (Å²) >= 11 is 0. The van der Waals surface area contributed by atoms with Crippen LogP contribution in [0.2, 0.25) is 0 Å². The van der Waals surface area contributed by atoms with Crippen LogP contribution in [0.4, 0.5) is 0 Å². The van der Waals surface area contributed by atoms with E-state index in [9.17, 15) is 0 Å². The fourth-order valence-electron chi connectivity index (χ4n) is 7.37. The van der Waals surface area contributed by atoms with Crippen molar-refractivity contribution in [2.75, 3.05) is 0 Å². The number of fused-ring (bicyclic) bond motifs is 5. The van der Waals surface area contributed by atoms with Gasteiger partial charge in [0.25, 0.3) is 0 Å². The van der Waals surface area contributed by atoms with Gasteiger partial charge in [-0.25, -0.2) is 0 Å². The van der Waals surface area contributed by atoms with Crippen molar-refractivity contribution in [2.45, 2.75) is 0 Å². The Kier molecular flexibility index (Phi) is 5.61. The van der Waals surface area contributed by atoms with Crippen LogP contribution < -0.4 is 0 Å². The van der Waals surface area contributed by atoms with E-state index in [-0.39, 0.29) is 0 Å². The predicted molar refractivity (Wildman–Crippen MR) is 190 cm³/mol. The van der Waals surface area contributed by atoms with Gasteiger partial charge in [-0.2, -0.15) is 0 Å². The third kappa shape index (κ3) is 3.71. The molecule has 0 bridgehead atoms. The van der Waals surface area contributed by atoms with Gasteiger partial charge in [0, 0.05) is 0 Å². The van der Waals surface area contributed by atoms with Crippen molar-refractivity contribution in [1.82, 2.24) is 0 Å². The van der Waals surface area contributed by atoms with Gasteiger partial charge in [-0.05, 0) is 87.2 Å². The summed E-state index contributed by atoms with van der Waals surface area (Å²) in [6.07, 6.45) is 0. The summed E-state index contributed by atoms with van der Waals surface area (Å²) < 4.78 is 0. The van der Waals surface area contributed by atoms with Gasteiger partial charge < -0.3 is 0 Å². The molecule has 0 saturated carbocycles. The normalized spacial score (nSPS) is 11.6. The predicted octanol–water partition coefficient (Wildman–Crippen LogP) is 12.5. The zero-order chi connectivity index (χ0) is 29.0. The van der Waals surface area contributed by atoms with Crippen molar-refractivity contribution in [3.63, 3.8) is 0 Å². The molecule has 0 atom stereocenters. The average molecular weight is 557 g/mol. The molecular formula is C44H28. The highest BCUT2D eigenvalue weighted by atomic mass is 14.2. The summed E-state index contributed by atoms with van der Waals surface area (Å²) in [5.41, 5.74) is 7.63. The molecule has 9 rings (SSSR count). The molecule has 9 aromatic rings. The maximum absolute atomic E-state index is 2.34. The first kappa shape index (κ1) is 24.8. The van der Waals surface area contributed by atoms with E-state index >= 15 is 0 Å². The Morgan fingerprint density at radius 3 is 1.11 bits per heavy atom. The third-order valence-corrected chi connectivity index (χ3v) is 9.25. The Bertz CT molecular complexity index is 2540. The lowest BCUT2D eigenvalue weighted by molar-refractivity contribution is 1.66. The van der Waals surface area contributed by atoms with Crippen LogP contribution >= 0.6 is 0 Å². The number of benzene rings is 9. The Labute approximate surface area is 256 Å². The highest BCUT2D eigenvalue weighted by Crippen LogP contribution is 2.49. The summed E-state index contributed by atoms with van der Waals surface area (Å²) in [5, 5.41) is 12.7. The summed E-state index contributed by atoms with van der Waals surface area (Å²) in [7, 11) is 0. The van der Waals surface area contributed by atoms with Crippen molar-refractivity contribution < 1.29 is 0 Å². The molecule has 0 fully saturated rings. The van der Waals surface area contributed by atoms with Crippen LogP contribution in [0.1, 0.15) is 0 Å². The van der Waals surface area contributed by atoms with Crippen molar-refractivity contribution in [1.29, 1.82) is 0 Å². The standard InChI is InChI=1S/C44H28/c1-4-19-32-29(13-1)16-9-24-35(32)38-27-12-28-41-42(36-25-10-17-30-14-2-5-20-33(30)36)39-22-7-8-23-40(39)43(44(38)41)37-26-11-18-31-15-3-6-21-34(31)37/h1-28H. The first-order chi connectivity index (χ1) is 21.9. The second-order valence-corrected chi connectivity index (χ2v) is 11.6. The van der Waals surface area contributed by atoms with E-state index in [1.807, 2.05) is 0 Å². The fourth-order valence-corrected chi connectivity index (χ4v) is 7.37. The van der Waals surface area contributed by atoms with E-state index in [0.29, 0.717) is 0 Å². The van der Waals surface area contributed by atoms with Crippen LogP contribution in [0, 0.1) is 0 Å². The third-order valence-electron chi connectivity index (χ3n) is 9.25. The molecule has 0 spiro atoms. The summed E-state index contributed by atoms with van der Waals surface area (Å²) in [5.74, 6) is 0. The SMILES string of the molecule is c1ccc2c(-c3c4ccccc4c(-c4cccc5ccccc45)c4c(-c5cccc6ccccc56)cccc34)cccc2c1. The number of hydrogen-bond acceptors (Lipinski definition) is 0. The Hall–Kier alpha value is -5.72. The van der Waals surface area contributed by atoms with Gasteiger partial charge >= 0.3 is 0 Å². The first-order valence-electron chi connectivity index (χ1n) is 15.3. The number of rotatable bonds is 3. The monoisotopic (exact) mass is 556 g/mol. The first-order valence-corrected chi connectivity index (χ1v) is 15.3. The van der Waals surface area contributed by atoms with Crippen LogP contribution in [0.15, 0.2) is 170 Å². The minimum atomic E-state index is 1.25. The maximum atomic E-state index is 2.34. The van der Waals surface area contributed by atoms with Crippen LogP contribution in [0.3, 0.4) is 0 Å². The largest absolute Gasteiger partial charge is 0.0616 e. The van der Waals surface area contributed by atoms with E-state index in [1.165, 1.54) is 87.2 Å². The van der Waals surface area contributed by atoms with Crippen LogP contribution in [0.25, 0.3) is 87.2 Å². The topological polar surface area (TPSA) is 0 Å². The fraction of sp³-hybridized carbons (Fsp3) is 0. The van der Waals surface area contributed by atoms with Gasteiger partial charge in [0.1, 0.15) is 0 Å². The average Bonchev–Trinajstić information content (AvgIpc) is 3.10. The van der Waals surface area contributed by atoms with E-state index in [1.54, 1.807) is 0 Å². The van der Waals surface area contributed by atoms with E-state index in [4.69, 9.17) is 0 Å². The van der Waals surface area contributed by atoms with Gasteiger partial charge in [-0.1, -0.05) is 170 Å². The molecule has 0 nitrogen and oxygen atoms in total. The second kappa shape index (κ2) is 9.93. The zero-order valence-electron chi connectivity index (χ0n) is 24.2. The van der Waals surface area contributed by atoms with Gasteiger partial charge in [-0.3, -0.25) is 0 Å². The van der Waals surface area contributed by atoms with Gasteiger partial charge in [0.2, 0.25) is 0 Å². The minimum Gasteiger partial charge on any atom is -0.0616 e. The lowest BCUT2D eigenvalue weighted by atomic mass is 9.81. The van der Waals surface area contributed by atoms with Gasteiger partial charge in [-0.15, -0.1) is 0 Å². The van der Waals surface area contributed by atoms with Crippen molar-refractivity contribution in [3.05, 3.63) is 170 Å². The number of hydrogen-bond donors (Lipinski definition) is 0. The molecule has 0 aliphatic carbocycles. The highest BCUT2D eigenvalue weighted by Gasteiger charge is 2.22. The molecule has 0 heteroatoms. The maximum Gasteiger partial charge on any atom is -0.00137 e. The van der Waals surface area contributed by atoms with E-state index in [0.717, 1.165) is 0 Å².